The van der Waals surface area contributed by atoms with Gasteiger partial charge in [-0.1, -0.05) is 0 Å². The largest absolute Gasteiger partial charge is 0.396 e. The Balaban J connectivity index is 2.29. The zero-order chi connectivity index (χ0) is 14.9. The van der Waals surface area contributed by atoms with Gasteiger partial charge in [-0.3, -0.25) is 4.68 Å². The highest BCUT2D eigenvalue weighted by molar-refractivity contribution is 7.90. The Morgan fingerprint density at radius 3 is 2.60 bits per heavy atom. The van der Waals surface area contributed by atoms with Crippen LogP contribution in [0.2, 0.25) is 0 Å². The molecule has 0 spiro atoms. The molecule has 0 unspecified atom stereocenters. The molecule has 2 N–H and O–H groups in total. The van der Waals surface area contributed by atoms with E-state index in [0.29, 0.717) is 5.56 Å². The van der Waals surface area contributed by atoms with E-state index in [9.17, 15) is 17.2 Å². The first kappa shape index (κ1) is 14.4. The van der Waals surface area contributed by atoms with Gasteiger partial charge in [-0.05, 0) is 18.2 Å². The van der Waals surface area contributed by atoms with Crippen LogP contribution >= 0.6 is 0 Å². The first-order valence-corrected chi connectivity index (χ1v) is 7.78. The molecule has 1 aromatic carbocycles. The van der Waals surface area contributed by atoms with Gasteiger partial charge in [0, 0.05) is 18.0 Å². The standard InChI is InChI=1S/C12H13F2N3O2S/c1-20(18,19)5-4-17-7-11(15)12(16-17)8-2-3-9(13)10(14)6-8/h2-3,6-7H,4-5,15H2,1H3. The number of anilines is 1. The molecular weight excluding hydrogens is 288 g/mol. The summed E-state index contributed by atoms with van der Waals surface area (Å²) >= 11 is 0. The van der Waals surface area contributed by atoms with Gasteiger partial charge in [-0.25, -0.2) is 17.2 Å². The van der Waals surface area contributed by atoms with Crippen LogP contribution in [0.3, 0.4) is 0 Å². The molecule has 0 aliphatic heterocycles. The van der Waals surface area contributed by atoms with Crippen LogP contribution in [-0.2, 0) is 16.4 Å². The lowest BCUT2D eigenvalue weighted by atomic mass is 10.1. The van der Waals surface area contributed by atoms with Gasteiger partial charge in [0.25, 0.3) is 0 Å². The Kier molecular flexibility index (Phi) is 3.76. The number of nitrogens with zero attached hydrogens (tertiary/aromatic N) is 2. The van der Waals surface area contributed by atoms with Crippen molar-refractivity contribution in [2.24, 2.45) is 0 Å². The lowest BCUT2D eigenvalue weighted by Gasteiger charge is -2.00. The number of halogens is 2. The lowest BCUT2D eigenvalue weighted by Crippen LogP contribution is -2.11. The summed E-state index contributed by atoms with van der Waals surface area (Å²) in [6, 6.07) is 3.34. The van der Waals surface area contributed by atoms with Gasteiger partial charge in [-0.2, -0.15) is 5.10 Å². The van der Waals surface area contributed by atoms with Crippen molar-refractivity contribution in [1.82, 2.24) is 9.78 Å². The van der Waals surface area contributed by atoms with Crippen LogP contribution in [0.5, 0.6) is 0 Å². The monoisotopic (exact) mass is 301 g/mol. The highest BCUT2D eigenvalue weighted by Gasteiger charge is 2.12. The summed E-state index contributed by atoms with van der Waals surface area (Å²) in [6.07, 6.45) is 2.58. The summed E-state index contributed by atoms with van der Waals surface area (Å²) in [5, 5.41) is 4.09. The molecule has 2 rings (SSSR count). The van der Waals surface area contributed by atoms with Gasteiger partial charge in [-0.15, -0.1) is 0 Å². The van der Waals surface area contributed by atoms with E-state index in [4.69, 9.17) is 5.73 Å². The Hall–Kier alpha value is -1.96. The third kappa shape index (κ3) is 3.32. The molecule has 0 amide bonds. The molecule has 5 nitrogen and oxygen atoms in total. The van der Waals surface area contributed by atoms with Crippen LogP contribution < -0.4 is 5.73 Å². The van der Waals surface area contributed by atoms with Gasteiger partial charge in [0.2, 0.25) is 0 Å². The maximum absolute atomic E-state index is 13.2. The number of aromatic nitrogens is 2. The van der Waals surface area contributed by atoms with Crippen molar-refractivity contribution >= 4 is 15.5 Å². The van der Waals surface area contributed by atoms with Crippen molar-refractivity contribution in [1.29, 1.82) is 0 Å². The molecule has 0 aliphatic carbocycles. The number of aryl methyl sites for hydroxylation is 1. The Bertz CT molecular complexity index is 741. The molecule has 8 heteroatoms. The second kappa shape index (κ2) is 5.20. The van der Waals surface area contributed by atoms with Crippen LogP contribution in [0, 0.1) is 11.6 Å². The molecule has 2 aromatic rings. The van der Waals surface area contributed by atoms with E-state index < -0.39 is 21.5 Å². The van der Waals surface area contributed by atoms with E-state index in [0.717, 1.165) is 18.4 Å². The maximum Gasteiger partial charge on any atom is 0.159 e. The normalized spacial score (nSPS) is 11.8. The Morgan fingerprint density at radius 1 is 1.30 bits per heavy atom. The fourth-order valence-electron chi connectivity index (χ4n) is 1.68. The summed E-state index contributed by atoms with van der Waals surface area (Å²) in [5.41, 5.74) is 6.64. The topological polar surface area (TPSA) is 78.0 Å². The number of sulfone groups is 1. The zero-order valence-corrected chi connectivity index (χ0v) is 11.5. The van der Waals surface area contributed by atoms with Gasteiger partial charge >= 0.3 is 0 Å². The van der Waals surface area contributed by atoms with E-state index in [1.54, 1.807) is 0 Å². The van der Waals surface area contributed by atoms with E-state index in [2.05, 4.69) is 5.10 Å². The van der Waals surface area contributed by atoms with E-state index in [1.165, 1.54) is 16.9 Å². The first-order valence-electron chi connectivity index (χ1n) is 5.72. The number of nitrogens with two attached hydrogens (primary N) is 1. The third-order valence-corrected chi connectivity index (χ3v) is 3.60. The van der Waals surface area contributed by atoms with Crippen LogP contribution in [0.15, 0.2) is 24.4 Å². The first-order chi connectivity index (χ1) is 9.26. The molecular formula is C12H13F2N3O2S. The fraction of sp³-hybridized carbons (Fsp3) is 0.250. The van der Waals surface area contributed by atoms with Gasteiger partial charge in [0.1, 0.15) is 15.5 Å². The summed E-state index contributed by atoms with van der Waals surface area (Å²) in [7, 11) is -3.11. The number of hydrogen-bond acceptors (Lipinski definition) is 4. The summed E-state index contributed by atoms with van der Waals surface area (Å²) < 4.78 is 49.6. The number of hydrogen-bond donors (Lipinski definition) is 1. The van der Waals surface area contributed by atoms with Crippen molar-refractivity contribution in [3.8, 4) is 11.3 Å². The minimum absolute atomic E-state index is 0.0780. The van der Waals surface area contributed by atoms with Crippen LogP contribution in [0.4, 0.5) is 14.5 Å². The van der Waals surface area contributed by atoms with Crippen LogP contribution in [-0.4, -0.2) is 30.2 Å². The van der Waals surface area contributed by atoms with Gasteiger partial charge < -0.3 is 5.73 Å². The molecule has 0 bridgehead atoms. The van der Waals surface area contributed by atoms with E-state index >= 15 is 0 Å². The number of benzene rings is 1. The SMILES string of the molecule is CS(=O)(=O)CCn1cc(N)c(-c2ccc(F)c(F)c2)n1. The van der Waals surface area contributed by atoms with Crippen molar-refractivity contribution in [3.05, 3.63) is 36.0 Å². The average Bonchev–Trinajstić information content (AvgIpc) is 2.71. The highest BCUT2D eigenvalue weighted by atomic mass is 32.2. The molecule has 108 valence electrons. The predicted molar refractivity (Wildman–Crippen MR) is 71.7 cm³/mol. The zero-order valence-electron chi connectivity index (χ0n) is 10.7. The van der Waals surface area contributed by atoms with Crippen LogP contribution in [0.25, 0.3) is 11.3 Å². The summed E-state index contributed by atoms with van der Waals surface area (Å²) in [6.45, 7) is 0.146. The molecule has 0 atom stereocenters. The van der Waals surface area contributed by atoms with Crippen molar-refractivity contribution in [3.63, 3.8) is 0 Å². The lowest BCUT2D eigenvalue weighted by molar-refractivity contribution is 0.509. The van der Waals surface area contributed by atoms with Crippen molar-refractivity contribution < 1.29 is 17.2 Å². The van der Waals surface area contributed by atoms with Gasteiger partial charge in [0.15, 0.2) is 11.6 Å². The molecule has 0 aliphatic rings. The Labute approximate surface area is 114 Å². The quantitative estimate of drug-likeness (QED) is 0.927. The summed E-state index contributed by atoms with van der Waals surface area (Å²) in [5.74, 6) is -2.03. The van der Waals surface area contributed by atoms with Gasteiger partial charge in [0.05, 0.1) is 18.0 Å². The highest BCUT2D eigenvalue weighted by Crippen LogP contribution is 2.25. The molecule has 0 radical (unpaired) electrons. The molecule has 20 heavy (non-hydrogen) atoms. The van der Waals surface area contributed by atoms with Crippen LogP contribution in [0.1, 0.15) is 0 Å². The second-order valence-electron chi connectivity index (χ2n) is 4.45. The summed E-state index contributed by atoms with van der Waals surface area (Å²) in [4.78, 5) is 0. The van der Waals surface area contributed by atoms with E-state index in [1.807, 2.05) is 0 Å². The van der Waals surface area contributed by atoms with E-state index in [-0.39, 0.29) is 23.7 Å². The number of rotatable bonds is 4. The smallest absolute Gasteiger partial charge is 0.159 e. The number of nitrogen functional groups attached to an aromatic ring is 1. The molecule has 0 saturated carbocycles. The second-order valence-corrected chi connectivity index (χ2v) is 6.71. The third-order valence-electron chi connectivity index (χ3n) is 2.67. The Morgan fingerprint density at radius 2 is 2.00 bits per heavy atom. The van der Waals surface area contributed by atoms with Crippen molar-refractivity contribution in [2.45, 2.75) is 6.54 Å². The predicted octanol–water partition coefficient (Wildman–Crippen LogP) is 1.46. The average molecular weight is 301 g/mol. The molecule has 0 saturated heterocycles. The van der Waals surface area contributed by atoms with Crippen molar-refractivity contribution in [2.75, 3.05) is 17.7 Å². The molecule has 1 heterocycles. The molecule has 1 aromatic heterocycles. The minimum Gasteiger partial charge on any atom is -0.396 e. The fourth-order valence-corrected chi connectivity index (χ4v) is 2.20. The maximum atomic E-state index is 13.2. The minimum atomic E-state index is -3.11. The molecule has 0 fully saturated rings.